The summed E-state index contributed by atoms with van der Waals surface area (Å²) >= 11 is 0. The third-order valence-electron chi connectivity index (χ3n) is 3.23. The number of hydrogen-bond donors (Lipinski definition) is 4. The van der Waals surface area contributed by atoms with Gasteiger partial charge in [0.15, 0.2) is 0 Å². The summed E-state index contributed by atoms with van der Waals surface area (Å²) in [5.74, 6) is -1.72. The van der Waals surface area contributed by atoms with E-state index in [1.807, 2.05) is 0 Å². The van der Waals surface area contributed by atoms with Crippen molar-refractivity contribution in [1.29, 1.82) is 0 Å². The Labute approximate surface area is 120 Å². The molecule has 0 saturated heterocycles. The number of aliphatic hydroxyl groups is 2. The van der Waals surface area contributed by atoms with Crippen molar-refractivity contribution >= 4 is 22.6 Å². The Bertz CT molecular complexity index is 698. The Morgan fingerprint density at radius 1 is 1.05 bits per heavy atom. The van der Waals surface area contributed by atoms with Crippen LogP contribution in [0.25, 0.3) is 10.8 Å². The Morgan fingerprint density at radius 2 is 1.67 bits per heavy atom. The van der Waals surface area contributed by atoms with Crippen LogP contribution in [0.5, 0.6) is 0 Å². The molecule has 2 unspecified atom stereocenters. The van der Waals surface area contributed by atoms with Gasteiger partial charge in [0.25, 0.3) is 0 Å². The smallest absolute Gasteiger partial charge is 0.335 e. The first-order valence-corrected chi connectivity index (χ1v) is 6.30. The minimum Gasteiger partial charge on any atom is -0.478 e. The van der Waals surface area contributed by atoms with Gasteiger partial charge in [0, 0.05) is 0 Å². The number of benzene rings is 2. The lowest BCUT2D eigenvalue weighted by atomic mass is 9.98. The highest BCUT2D eigenvalue weighted by Crippen LogP contribution is 2.24. The van der Waals surface area contributed by atoms with Crippen molar-refractivity contribution in [3.63, 3.8) is 0 Å². The second-order valence-electron chi connectivity index (χ2n) is 4.81. The average Bonchev–Trinajstić information content (AvgIpc) is 2.44. The van der Waals surface area contributed by atoms with Crippen LogP contribution >= 0.6 is 0 Å². The van der Waals surface area contributed by atoms with E-state index in [0.29, 0.717) is 10.9 Å². The minimum atomic E-state index is -1.28. The number of primary amides is 1. The Balaban J connectivity index is 2.32. The lowest BCUT2D eigenvalue weighted by Gasteiger charge is -2.17. The van der Waals surface area contributed by atoms with Crippen LogP contribution < -0.4 is 5.73 Å². The van der Waals surface area contributed by atoms with Crippen LogP contribution in [0.3, 0.4) is 0 Å². The van der Waals surface area contributed by atoms with Crippen molar-refractivity contribution < 1.29 is 24.9 Å². The third-order valence-corrected chi connectivity index (χ3v) is 3.23. The first kappa shape index (κ1) is 15.0. The van der Waals surface area contributed by atoms with E-state index in [9.17, 15) is 19.8 Å². The van der Waals surface area contributed by atoms with E-state index in [-0.39, 0.29) is 12.0 Å². The van der Waals surface area contributed by atoms with Gasteiger partial charge in [-0.3, -0.25) is 4.79 Å². The van der Waals surface area contributed by atoms with Crippen LogP contribution in [-0.4, -0.2) is 33.3 Å². The fourth-order valence-electron chi connectivity index (χ4n) is 2.12. The monoisotopic (exact) mass is 289 g/mol. The number of hydrogen-bond acceptors (Lipinski definition) is 4. The predicted molar refractivity (Wildman–Crippen MR) is 75.7 cm³/mol. The van der Waals surface area contributed by atoms with Crippen LogP contribution in [0.4, 0.5) is 0 Å². The molecule has 21 heavy (non-hydrogen) atoms. The summed E-state index contributed by atoms with van der Waals surface area (Å²) in [6.07, 6.45) is -2.85. The fraction of sp³-hybridized carbons (Fsp3) is 0.200. The predicted octanol–water partition coefficient (Wildman–Crippen LogP) is 0.808. The van der Waals surface area contributed by atoms with Crippen molar-refractivity contribution in [1.82, 2.24) is 0 Å². The van der Waals surface area contributed by atoms with Gasteiger partial charge in [-0.1, -0.05) is 18.2 Å². The van der Waals surface area contributed by atoms with E-state index in [1.165, 1.54) is 12.1 Å². The molecule has 0 aliphatic rings. The van der Waals surface area contributed by atoms with Gasteiger partial charge in [-0.05, 0) is 34.5 Å². The van der Waals surface area contributed by atoms with Crippen LogP contribution in [0.2, 0.25) is 0 Å². The largest absolute Gasteiger partial charge is 0.478 e. The van der Waals surface area contributed by atoms with Gasteiger partial charge in [0.1, 0.15) is 6.10 Å². The number of carbonyl (C=O) groups is 2. The second-order valence-corrected chi connectivity index (χ2v) is 4.81. The van der Waals surface area contributed by atoms with E-state index in [1.54, 1.807) is 24.3 Å². The summed E-state index contributed by atoms with van der Waals surface area (Å²) in [7, 11) is 0. The fourth-order valence-corrected chi connectivity index (χ4v) is 2.12. The maximum absolute atomic E-state index is 10.9. The van der Waals surface area contributed by atoms with E-state index < -0.39 is 24.1 Å². The van der Waals surface area contributed by atoms with Gasteiger partial charge >= 0.3 is 5.97 Å². The number of carbonyl (C=O) groups excluding carboxylic acids is 1. The first-order valence-electron chi connectivity index (χ1n) is 6.30. The second kappa shape index (κ2) is 5.90. The number of carboxylic acid groups (broad SMARTS) is 1. The van der Waals surface area contributed by atoms with Gasteiger partial charge in [0.05, 0.1) is 18.1 Å². The molecule has 2 rings (SSSR count). The molecular weight excluding hydrogens is 274 g/mol. The molecule has 2 atom stereocenters. The van der Waals surface area contributed by atoms with E-state index in [0.717, 1.165) is 5.39 Å². The quantitative estimate of drug-likeness (QED) is 0.649. The van der Waals surface area contributed by atoms with E-state index in [2.05, 4.69) is 0 Å². The van der Waals surface area contributed by atoms with Crippen molar-refractivity contribution in [2.24, 2.45) is 5.73 Å². The molecule has 0 bridgehead atoms. The number of amides is 1. The van der Waals surface area contributed by atoms with Gasteiger partial charge in [-0.15, -0.1) is 0 Å². The molecule has 0 saturated carbocycles. The van der Waals surface area contributed by atoms with E-state index >= 15 is 0 Å². The van der Waals surface area contributed by atoms with Crippen LogP contribution in [0.1, 0.15) is 28.4 Å². The van der Waals surface area contributed by atoms with Gasteiger partial charge in [-0.2, -0.15) is 0 Å². The van der Waals surface area contributed by atoms with Crippen molar-refractivity contribution in [2.75, 3.05) is 0 Å². The summed E-state index contributed by atoms with van der Waals surface area (Å²) in [5.41, 5.74) is 5.58. The highest BCUT2D eigenvalue weighted by Gasteiger charge is 2.20. The molecule has 0 aliphatic heterocycles. The van der Waals surface area contributed by atoms with Gasteiger partial charge in [-0.25, -0.2) is 4.79 Å². The summed E-state index contributed by atoms with van der Waals surface area (Å²) in [5, 5.41) is 30.0. The summed E-state index contributed by atoms with van der Waals surface area (Å²) < 4.78 is 0. The summed E-state index contributed by atoms with van der Waals surface area (Å²) in [6, 6.07) is 9.46. The molecule has 6 nitrogen and oxygen atoms in total. The SMILES string of the molecule is NC(=O)CC(O)C(O)c1ccc2cc(C(=O)O)ccc2c1. The zero-order chi connectivity index (χ0) is 15.6. The highest BCUT2D eigenvalue weighted by atomic mass is 16.4. The average molecular weight is 289 g/mol. The molecule has 2 aromatic carbocycles. The maximum Gasteiger partial charge on any atom is 0.335 e. The minimum absolute atomic E-state index is 0.171. The topological polar surface area (TPSA) is 121 Å². The lowest BCUT2D eigenvalue weighted by molar-refractivity contribution is -0.121. The Kier molecular flexibility index (Phi) is 4.21. The standard InChI is InChI=1S/C15H15NO5/c16-13(18)7-12(17)14(19)10-3-1-9-6-11(15(20)21)4-2-8(9)5-10/h1-6,12,14,17,19H,7H2,(H2,16,18)(H,20,21). The lowest BCUT2D eigenvalue weighted by Crippen LogP contribution is -2.25. The Hall–Kier alpha value is -2.44. The number of aliphatic hydroxyl groups excluding tert-OH is 2. The molecule has 0 spiro atoms. The van der Waals surface area contributed by atoms with Crippen molar-refractivity contribution in [2.45, 2.75) is 18.6 Å². The summed E-state index contributed by atoms with van der Waals surface area (Å²) in [4.78, 5) is 21.6. The molecule has 0 radical (unpaired) electrons. The molecule has 2 aromatic rings. The molecular formula is C15H15NO5. The number of aromatic carboxylic acids is 1. The Morgan fingerprint density at radius 3 is 2.29 bits per heavy atom. The number of carboxylic acids is 1. The van der Waals surface area contributed by atoms with Crippen LogP contribution in [-0.2, 0) is 4.79 Å². The molecule has 0 aliphatic carbocycles. The molecule has 5 N–H and O–H groups in total. The van der Waals surface area contributed by atoms with E-state index in [4.69, 9.17) is 10.8 Å². The molecule has 110 valence electrons. The van der Waals surface area contributed by atoms with Crippen molar-refractivity contribution in [3.8, 4) is 0 Å². The molecule has 0 fully saturated rings. The van der Waals surface area contributed by atoms with Crippen LogP contribution in [0.15, 0.2) is 36.4 Å². The molecule has 0 aromatic heterocycles. The number of nitrogens with two attached hydrogens (primary N) is 1. The number of rotatable bonds is 5. The third kappa shape index (κ3) is 3.36. The number of fused-ring (bicyclic) bond motifs is 1. The maximum atomic E-state index is 10.9. The first-order chi connectivity index (χ1) is 9.88. The molecule has 0 heterocycles. The van der Waals surface area contributed by atoms with Crippen LogP contribution in [0, 0.1) is 0 Å². The van der Waals surface area contributed by atoms with Gasteiger partial charge < -0.3 is 21.1 Å². The van der Waals surface area contributed by atoms with Crippen molar-refractivity contribution in [3.05, 3.63) is 47.5 Å². The molecule has 6 heteroatoms. The summed E-state index contributed by atoms with van der Waals surface area (Å²) in [6.45, 7) is 0. The zero-order valence-corrected chi connectivity index (χ0v) is 11.1. The zero-order valence-electron chi connectivity index (χ0n) is 11.1. The normalized spacial score (nSPS) is 13.8. The van der Waals surface area contributed by atoms with Gasteiger partial charge in [0.2, 0.25) is 5.91 Å². The highest BCUT2D eigenvalue weighted by molar-refractivity contribution is 5.94. The molecule has 1 amide bonds.